The molecule has 1 aliphatic carbocycles. The molecule has 0 unspecified atom stereocenters. The third kappa shape index (κ3) is 3.53. The topological polar surface area (TPSA) is 101 Å². The number of hydrogen-bond acceptors (Lipinski definition) is 4. The van der Waals surface area contributed by atoms with Crippen LogP contribution in [0.15, 0.2) is 18.2 Å². The van der Waals surface area contributed by atoms with Crippen LogP contribution < -0.4 is 0 Å². The van der Waals surface area contributed by atoms with Crippen LogP contribution in [0.3, 0.4) is 0 Å². The predicted molar refractivity (Wildman–Crippen MR) is 69.4 cm³/mol. The number of carbonyl (C=O) groups excluding carboxylic acids is 1. The smallest absolute Gasteiger partial charge is 0.305 e. The van der Waals surface area contributed by atoms with Crippen molar-refractivity contribution in [2.45, 2.75) is 25.3 Å². The highest BCUT2D eigenvalue weighted by Crippen LogP contribution is 2.30. The Bertz CT molecular complexity index is 600. The lowest BCUT2D eigenvalue weighted by Gasteiger charge is -2.21. The Hall–Kier alpha value is -2.51. The summed E-state index contributed by atoms with van der Waals surface area (Å²) in [5, 5.41) is 19.6. The number of nitrogens with zero attached hydrogens (tertiary/aromatic N) is 2. The Balaban J connectivity index is 2.29. The van der Waals surface area contributed by atoms with E-state index in [4.69, 9.17) is 5.11 Å². The fraction of sp³-hybridized carbons (Fsp3) is 0.385. The summed E-state index contributed by atoms with van der Waals surface area (Å²) >= 11 is 0. The molecular formula is C13H13FN2O5. The first kappa shape index (κ1) is 14.9. The molecule has 0 aromatic heterocycles. The second-order valence-corrected chi connectivity index (χ2v) is 4.79. The van der Waals surface area contributed by atoms with E-state index in [0.717, 1.165) is 18.2 Å². The quantitative estimate of drug-likeness (QED) is 0.637. The molecule has 1 fully saturated rings. The summed E-state index contributed by atoms with van der Waals surface area (Å²) in [5.74, 6) is -2.52. The number of hydrogen-bond donors (Lipinski definition) is 1. The minimum atomic E-state index is -1.07. The van der Waals surface area contributed by atoms with E-state index in [9.17, 15) is 24.1 Å². The highest BCUT2D eigenvalue weighted by Gasteiger charge is 2.35. The van der Waals surface area contributed by atoms with Crippen molar-refractivity contribution in [1.82, 2.24) is 4.90 Å². The fourth-order valence-corrected chi connectivity index (χ4v) is 2.05. The Morgan fingerprint density at radius 2 is 2.10 bits per heavy atom. The molecule has 0 aliphatic heterocycles. The number of carbonyl (C=O) groups is 2. The molecule has 0 saturated heterocycles. The van der Waals surface area contributed by atoms with Crippen LogP contribution in [0, 0.1) is 15.9 Å². The Labute approximate surface area is 119 Å². The molecule has 1 aromatic carbocycles. The van der Waals surface area contributed by atoms with Crippen molar-refractivity contribution >= 4 is 17.6 Å². The van der Waals surface area contributed by atoms with Gasteiger partial charge < -0.3 is 10.0 Å². The van der Waals surface area contributed by atoms with Crippen LogP contribution in [-0.4, -0.2) is 39.4 Å². The van der Waals surface area contributed by atoms with Crippen molar-refractivity contribution in [2.75, 3.05) is 6.54 Å². The van der Waals surface area contributed by atoms with Gasteiger partial charge in [0.25, 0.3) is 11.6 Å². The monoisotopic (exact) mass is 296 g/mol. The number of nitro benzene ring substituents is 1. The van der Waals surface area contributed by atoms with Gasteiger partial charge in [-0.1, -0.05) is 0 Å². The molecule has 1 aromatic rings. The largest absolute Gasteiger partial charge is 0.481 e. The number of benzene rings is 1. The molecule has 1 N–H and O–H groups in total. The van der Waals surface area contributed by atoms with Gasteiger partial charge in [0.2, 0.25) is 0 Å². The lowest BCUT2D eigenvalue weighted by Crippen LogP contribution is -2.35. The summed E-state index contributed by atoms with van der Waals surface area (Å²) in [4.78, 5) is 34.5. The molecular weight excluding hydrogens is 283 g/mol. The molecule has 7 nitrogen and oxygen atoms in total. The van der Waals surface area contributed by atoms with Gasteiger partial charge in [-0.05, 0) is 25.0 Å². The first-order valence-corrected chi connectivity index (χ1v) is 6.37. The van der Waals surface area contributed by atoms with Gasteiger partial charge in [0.1, 0.15) is 11.4 Å². The number of nitro groups is 1. The van der Waals surface area contributed by atoms with E-state index in [1.165, 1.54) is 4.90 Å². The number of aliphatic carboxylic acids is 1. The van der Waals surface area contributed by atoms with Crippen LogP contribution in [0.25, 0.3) is 0 Å². The average molecular weight is 296 g/mol. The Morgan fingerprint density at radius 3 is 2.62 bits per heavy atom. The number of rotatable bonds is 6. The minimum Gasteiger partial charge on any atom is -0.481 e. The standard InChI is InChI=1S/C13H13FN2O5/c14-8-1-4-11(16(20)21)10(7-8)13(19)15(9-2-3-9)6-5-12(17)18/h1,4,7,9H,2-3,5-6H2,(H,17,18). The van der Waals surface area contributed by atoms with Crippen LogP contribution in [0.4, 0.5) is 10.1 Å². The summed E-state index contributed by atoms with van der Waals surface area (Å²) in [6.45, 7) is -0.0491. The molecule has 0 atom stereocenters. The van der Waals surface area contributed by atoms with E-state index >= 15 is 0 Å². The zero-order valence-corrected chi connectivity index (χ0v) is 11.0. The molecule has 0 heterocycles. The Morgan fingerprint density at radius 1 is 1.43 bits per heavy atom. The molecule has 21 heavy (non-hydrogen) atoms. The zero-order chi connectivity index (χ0) is 15.6. The highest BCUT2D eigenvalue weighted by molar-refractivity contribution is 5.98. The minimum absolute atomic E-state index is 0.0491. The van der Waals surface area contributed by atoms with Crippen molar-refractivity contribution in [3.63, 3.8) is 0 Å². The summed E-state index contributed by atoms with van der Waals surface area (Å²) < 4.78 is 13.3. The van der Waals surface area contributed by atoms with E-state index in [2.05, 4.69) is 0 Å². The van der Waals surface area contributed by atoms with E-state index < -0.39 is 28.3 Å². The van der Waals surface area contributed by atoms with Crippen LogP contribution in [0.1, 0.15) is 29.6 Å². The van der Waals surface area contributed by atoms with Gasteiger partial charge in [-0.15, -0.1) is 0 Å². The maximum absolute atomic E-state index is 13.3. The summed E-state index contributed by atoms with van der Waals surface area (Å²) in [5.41, 5.74) is -0.834. The molecule has 0 bridgehead atoms. The number of carboxylic acids is 1. The number of carboxylic acid groups (broad SMARTS) is 1. The van der Waals surface area contributed by atoms with Crippen LogP contribution in [0.2, 0.25) is 0 Å². The number of amides is 1. The van der Waals surface area contributed by atoms with Gasteiger partial charge in [-0.2, -0.15) is 0 Å². The molecule has 1 aliphatic rings. The lowest BCUT2D eigenvalue weighted by molar-refractivity contribution is -0.385. The summed E-state index contributed by atoms with van der Waals surface area (Å²) in [6, 6.07) is 2.54. The van der Waals surface area contributed by atoms with Gasteiger partial charge in [0, 0.05) is 18.7 Å². The van der Waals surface area contributed by atoms with Gasteiger partial charge in [-0.25, -0.2) is 4.39 Å². The molecule has 0 spiro atoms. The molecule has 0 radical (unpaired) electrons. The first-order chi connectivity index (χ1) is 9.90. The van der Waals surface area contributed by atoms with E-state index in [1.807, 2.05) is 0 Å². The maximum Gasteiger partial charge on any atom is 0.305 e. The second-order valence-electron chi connectivity index (χ2n) is 4.79. The van der Waals surface area contributed by atoms with Crippen LogP contribution >= 0.6 is 0 Å². The van der Waals surface area contributed by atoms with Crippen LogP contribution in [-0.2, 0) is 4.79 Å². The van der Waals surface area contributed by atoms with Crippen molar-refractivity contribution in [2.24, 2.45) is 0 Å². The average Bonchev–Trinajstić information content (AvgIpc) is 3.22. The summed E-state index contributed by atoms with van der Waals surface area (Å²) in [7, 11) is 0. The van der Waals surface area contributed by atoms with Crippen LogP contribution in [0.5, 0.6) is 0 Å². The van der Waals surface area contributed by atoms with Gasteiger partial charge in [-0.3, -0.25) is 19.7 Å². The van der Waals surface area contributed by atoms with E-state index in [-0.39, 0.29) is 24.6 Å². The zero-order valence-electron chi connectivity index (χ0n) is 11.0. The molecule has 8 heteroatoms. The lowest BCUT2D eigenvalue weighted by atomic mass is 10.1. The van der Waals surface area contributed by atoms with E-state index in [0.29, 0.717) is 12.8 Å². The second kappa shape index (κ2) is 5.86. The van der Waals surface area contributed by atoms with Crippen molar-refractivity contribution in [3.8, 4) is 0 Å². The van der Waals surface area contributed by atoms with Crippen molar-refractivity contribution < 1.29 is 24.0 Å². The first-order valence-electron chi connectivity index (χ1n) is 6.37. The molecule has 1 amide bonds. The van der Waals surface area contributed by atoms with Gasteiger partial charge >= 0.3 is 5.97 Å². The van der Waals surface area contributed by atoms with Gasteiger partial charge in [0.05, 0.1) is 11.3 Å². The molecule has 1 saturated carbocycles. The van der Waals surface area contributed by atoms with Crippen molar-refractivity contribution in [1.29, 1.82) is 0 Å². The highest BCUT2D eigenvalue weighted by atomic mass is 19.1. The third-order valence-electron chi connectivity index (χ3n) is 3.20. The van der Waals surface area contributed by atoms with Gasteiger partial charge in [0.15, 0.2) is 0 Å². The normalized spacial score (nSPS) is 13.8. The third-order valence-corrected chi connectivity index (χ3v) is 3.20. The predicted octanol–water partition coefficient (Wildman–Crippen LogP) is 1.81. The fourth-order valence-electron chi connectivity index (χ4n) is 2.05. The maximum atomic E-state index is 13.3. The van der Waals surface area contributed by atoms with E-state index in [1.54, 1.807) is 0 Å². The number of halogens is 1. The Kier molecular flexibility index (Phi) is 4.15. The molecule has 112 valence electrons. The molecule has 2 rings (SSSR count). The van der Waals surface area contributed by atoms with Crippen molar-refractivity contribution in [3.05, 3.63) is 39.7 Å². The SMILES string of the molecule is O=C(O)CCN(C(=O)c1cc(F)ccc1[N+](=O)[O-])C1CC1. The summed E-state index contributed by atoms with van der Waals surface area (Å²) in [6.07, 6.45) is 1.17.